The van der Waals surface area contributed by atoms with Crippen molar-refractivity contribution < 1.29 is 14.7 Å². The number of halogens is 1. The third kappa shape index (κ3) is 1.94. The van der Waals surface area contributed by atoms with Crippen molar-refractivity contribution in [1.82, 2.24) is 15.2 Å². The smallest absolute Gasteiger partial charge is 0.322 e. The molecule has 1 atom stereocenters. The molecule has 1 unspecified atom stereocenters. The highest BCUT2D eigenvalue weighted by atomic mass is 79.9. The van der Waals surface area contributed by atoms with Gasteiger partial charge in [-0.05, 0) is 25.1 Å². The molecule has 3 rings (SSSR count). The average molecular weight is 338 g/mol. The zero-order valence-corrected chi connectivity index (χ0v) is 12.2. The molecular weight excluding hydrogens is 326 g/mol. The molecule has 2 heterocycles. The lowest BCUT2D eigenvalue weighted by Crippen LogP contribution is -2.47. The van der Waals surface area contributed by atoms with E-state index in [9.17, 15) is 14.7 Å². The Kier molecular flexibility index (Phi) is 2.75. The number of benzene rings is 1. The van der Waals surface area contributed by atoms with E-state index in [2.05, 4.69) is 26.6 Å². The summed E-state index contributed by atoms with van der Waals surface area (Å²) in [5.74, 6) is -0.330. The number of carbonyl (C=O) groups is 2. The van der Waals surface area contributed by atoms with Crippen LogP contribution >= 0.6 is 15.9 Å². The summed E-state index contributed by atoms with van der Waals surface area (Å²) in [6, 6.07) is 4.98. The van der Waals surface area contributed by atoms with Crippen molar-refractivity contribution >= 4 is 38.6 Å². The highest BCUT2D eigenvalue weighted by molar-refractivity contribution is 9.10. The van der Waals surface area contributed by atoms with Crippen LogP contribution in [-0.2, 0) is 11.3 Å². The van der Waals surface area contributed by atoms with Gasteiger partial charge < -0.3 is 15.0 Å². The van der Waals surface area contributed by atoms with Gasteiger partial charge in [0.15, 0.2) is 5.88 Å². The van der Waals surface area contributed by atoms with E-state index < -0.39 is 17.5 Å². The van der Waals surface area contributed by atoms with Crippen molar-refractivity contribution in [3.63, 3.8) is 0 Å². The fraction of sp³-hybridized carbons (Fsp3) is 0.231. The predicted molar refractivity (Wildman–Crippen MR) is 76.4 cm³/mol. The summed E-state index contributed by atoms with van der Waals surface area (Å²) in [5, 5.41) is 16.5. The molecule has 2 aromatic rings. The van der Waals surface area contributed by atoms with Crippen molar-refractivity contribution in [2.45, 2.75) is 19.0 Å². The second-order valence-corrected chi connectivity index (χ2v) is 5.97. The average Bonchev–Trinajstić information content (AvgIpc) is 2.77. The van der Waals surface area contributed by atoms with Gasteiger partial charge in [-0.1, -0.05) is 15.9 Å². The minimum atomic E-state index is -1.07. The second kappa shape index (κ2) is 4.24. The molecule has 0 saturated carbocycles. The SMILES string of the molecule is CC1(Cn2cc3cc(Br)ccc3c2O)NC(=O)NC1=O. The molecule has 7 heteroatoms. The third-order valence-corrected chi connectivity index (χ3v) is 3.92. The Bertz CT molecular complexity index is 740. The first-order chi connectivity index (χ1) is 9.39. The molecule has 0 spiro atoms. The summed E-state index contributed by atoms with van der Waals surface area (Å²) in [6.45, 7) is 1.77. The fourth-order valence-electron chi connectivity index (χ4n) is 2.38. The van der Waals surface area contributed by atoms with Crippen LogP contribution in [-0.4, -0.2) is 27.2 Å². The Labute approximate surface area is 122 Å². The zero-order chi connectivity index (χ0) is 14.5. The number of hydrogen-bond donors (Lipinski definition) is 3. The maximum Gasteiger partial charge on any atom is 0.322 e. The topological polar surface area (TPSA) is 83.4 Å². The summed E-state index contributed by atoms with van der Waals surface area (Å²) in [5.41, 5.74) is -1.07. The van der Waals surface area contributed by atoms with Gasteiger partial charge in [0.2, 0.25) is 0 Å². The number of urea groups is 1. The van der Waals surface area contributed by atoms with Gasteiger partial charge in [0.25, 0.3) is 5.91 Å². The number of amides is 3. The number of fused-ring (bicyclic) bond motifs is 1. The van der Waals surface area contributed by atoms with Crippen molar-refractivity contribution in [2.75, 3.05) is 0 Å². The molecule has 6 nitrogen and oxygen atoms in total. The fourth-order valence-corrected chi connectivity index (χ4v) is 2.76. The van der Waals surface area contributed by atoms with Crippen LogP contribution in [0.2, 0.25) is 0 Å². The summed E-state index contributed by atoms with van der Waals surface area (Å²) in [6.07, 6.45) is 1.75. The van der Waals surface area contributed by atoms with Crippen molar-refractivity contribution in [3.05, 3.63) is 28.9 Å². The maximum atomic E-state index is 11.8. The van der Waals surface area contributed by atoms with Crippen LogP contribution in [0, 0.1) is 0 Å². The molecule has 0 radical (unpaired) electrons. The number of nitrogens with zero attached hydrogens (tertiary/aromatic N) is 1. The molecular formula is C13H12BrN3O3. The van der Waals surface area contributed by atoms with E-state index >= 15 is 0 Å². The van der Waals surface area contributed by atoms with Gasteiger partial charge in [-0.2, -0.15) is 0 Å². The van der Waals surface area contributed by atoms with E-state index in [1.807, 2.05) is 12.1 Å². The van der Waals surface area contributed by atoms with Crippen LogP contribution in [0.1, 0.15) is 6.92 Å². The summed E-state index contributed by atoms with van der Waals surface area (Å²) < 4.78 is 2.46. The first-order valence-corrected chi connectivity index (χ1v) is 6.79. The minimum Gasteiger partial charge on any atom is -0.494 e. The van der Waals surface area contributed by atoms with Crippen LogP contribution in [0.25, 0.3) is 10.8 Å². The van der Waals surface area contributed by atoms with Crippen LogP contribution in [0.5, 0.6) is 5.88 Å². The molecule has 104 valence electrons. The third-order valence-electron chi connectivity index (χ3n) is 3.43. The maximum absolute atomic E-state index is 11.8. The number of aromatic nitrogens is 1. The Balaban J connectivity index is 2.01. The van der Waals surface area contributed by atoms with Crippen molar-refractivity contribution in [2.24, 2.45) is 0 Å². The molecule has 0 bridgehead atoms. The summed E-state index contributed by atoms with van der Waals surface area (Å²) in [7, 11) is 0. The number of hydrogen-bond acceptors (Lipinski definition) is 3. The van der Waals surface area contributed by atoms with E-state index in [1.165, 1.54) is 0 Å². The zero-order valence-electron chi connectivity index (χ0n) is 10.6. The highest BCUT2D eigenvalue weighted by Gasteiger charge is 2.42. The predicted octanol–water partition coefficient (Wildman–Crippen LogP) is 1.71. The molecule has 20 heavy (non-hydrogen) atoms. The van der Waals surface area contributed by atoms with Gasteiger partial charge in [0.05, 0.1) is 6.54 Å². The van der Waals surface area contributed by atoms with Crippen LogP contribution < -0.4 is 10.6 Å². The quantitative estimate of drug-likeness (QED) is 0.729. The lowest BCUT2D eigenvalue weighted by Gasteiger charge is -2.21. The second-order valence-electron chi connectivity index (χ2n) is 5.05. The van der Waals surface area contributed by atoms with E-state index in [0.29, 0.717) is 5.39 Å². The van der Waals surface area contributed by atoms with Gasteiger partial charge in [-0.3, -0.25) is 10.1 Å². The van der Waals surface area contributed by atoms with Gasteiger partial charge in [-0.15, -0.1) is 0 Å². The molecule has 1 aromatic heterocycles. The van der Waals surface area contributed by atoms with Crippen molar-refractivity contribution in [1.29, 1.82) is 0 Å². The normalized spacial score (nSPS) is 22.1. The molecule has 3 amide bonds. The summed E-state index contributed by atoms with van der Waals surface area (Å²) in [4.78, 5) is 23.0. The highest BCUT2D eigenvalue weighted by Crippen LogP contribution is 2.30. The molecule has 1 aliphatic rings. The molecule has 1 saturated heterocycles. The Hall–Kier alpha value is -2.02. The van der Waals surface area contributed by atoms with E-state index in [1.54, 1.807) is 23.8 Å². The van der Waals surface area contributed by atoms with E-state index in [-0.39, 0.29) is 12.4 Å². The Morgan fingerprint density at radius 2 is 2.15 bits per heavy atom. The van der Waals surface area contributed by atoms with Crippen LogP contribution in [0.4, 0.5) is 4.79 Å². The monoisotopic (exact) mass is 337 g/mol. The number of rotatable bonds is 2. The number of imide groups is 1. The molecule has 1 aliphatic heterocycles. The standard InChI is InChI=1S/C13H12BrN3O3/c1-13(11(19)15-12(20)16-13)6-17-5-7-4-8(14)2-3-9(7)10(17)18/h2-5,18H,6H2,1H3,(H2,15,16,19,20). The van der Waals surface area contributed by atoms with E-state index in [4.69, 9.17) is 0 Å². The minimum absolute atomic E-state index is 0.0719. The Morgan fingerprint density at radius 1 is 1.40 bits per heavy atom. The van der Waals surface area contributed by atoms with Gasteiger partial charge in [-0.25, -0.2) is 4.79 Å². The molecule has 0 aliphatic carbocycles. The van der Waals surface area contributed by atoms with Gasteiger partial charge in [0.1, 0.15) is 5.54 Å². The molecule has 1 fully saturated rings. The summed E-state index contributed by atoms with van der Waals surface area (Å²) >= 11 is 3.37. The first-order valence-electron chi connectivity index (χ1n) is 6.00. The first kappa shape index (κ1) is 13.0. The number of aromatic hydroxyl groups is 1. The number of nitrogens with one attached hydrogen (secondary N) is 2. The van der Waals surface area contributed by atoms with Crippen LogP contribution in [0.15, 0.2) is 28.9 Å². The van der Waals surface area contributed by atoms with Crippen LogP contribution in [0.3, 0.4) is 0 Å². The number of carbonyl (C=O) groups excluding carboxylic acids is 2. The largest absolute Gasteiger partial charge is 0.494 e. The molecule has 3 N–H and O–H groups in total. The van der Waals surface area contributed by atoms with E-state index in [0.717, 1.165) is 9.86 Å². The Morgan fingerprint density at radius 3 is 2.80 bits per heavy atom. The lowest BCUT2D eigenvalue weighted by molar-refractivity contribution is -0.123. The van der Waals surface area contributed by atoms with Crippen molar-refractivity contribution in [3.8, 4) is 5.88 Å². The molecule has 1 aromatic carbocycles. The lowest BCUT2D eigenvalue weighted by atomic mass is 10.0. The van der Waals surface area contributed by atoms with Gasteiger partial charge in [0, 0.05) is 21.4 Å². The van der Waals surface area contributed by atoms with Gasteiger partial charge >= 0.3 is 6.03 Å².